The van der Waals surface area contributed by atoms with Crippen molar-refractivity contribution in [3.8, 4) is 23.0 Å². The smallest absolute Gasteiger partial charge is 0.258 e. The molecule has 1 atom stereocenters. The Bertz CT molecular complexity index is 1070. The maximum atomic E-state index is 12.6. The number of carbonyl (C=O) groups excluding carboxylic acids is 3. The van der Waals surface area contributed by atoms with Crippen molar-refractivity contribution in [1.29, 1.82) is 0 Å². The van der Waals surface area contributed by atoms with E-state index in [1.165, 1.54) is 25.1 Å². The van der Waals surface area contributed by atoms with Crippen LogP contribution in [0.25, 0.3) is 6.08 Å². The molecule has 0 saturated heterocycles. The number of nitrogens with one attached hydrogen (secondary N) is 1. The first-order valence-corrected chi connectivity index (χ1v) is 9.01. The van der Waals surface area contributed by atoms with Crippen LogP contribution in [0.5, 0.6) is 23.0 Å². The Morgan fingerprint density at radius 3 is 2.77 bits per heavy atom. The number of carbonyl (C=O) groups is 3. The highest BCUT2D eigenvalue weighted by molar-refractivity contribution is 6.14. The molecule has 0 radical (unpaired) electrons. The highest BCUT2D eigenvalue weighted by Gasteiger charge is 2.28. The van der Waals surface area contributed by atoms with E-state index in [2.05, 4.69) is 5.32 Å². The molecule has 4 rings (SSSR count). The second-order valence-electron chi connectivity index (χ2n) is 6.61. The largest absolute Gasteiger partial charge is 0.548 e. The number of fused-ring (bicyclic) bond motifs is 2. The number of Topliss-reactive ketones (excluding diaryl/α,β-unsaturated/α-hetero) is 1. The van der Waals surface area contributed by atoms with Gasteiger partial charge in [0, 0.05) is 6.07 Å². The lowest BCUT2D eigenvalue weighted by molar-refractivity contribution is -0.307. The normalized spacial score (nSPS) is 16.0. The predicted molar refractivity (Wildman–Crippen MR) is 100 cm³/mol. The van der Waals surface area contributed by atoms with Crippen LogP contribution in [0.15, 0.2) is 42.2 Å². The van der Waals surface area contributed by atoms with Crippen molar-refractivity contribution < 1.29 is 38.4 Å². The Morgan fingerprint density at radius 1 is 1.17 bits per heavy atom. The number of aliphatic carboxylic acids is 1. The van der Waals surface area contributed by atoms with Crippen LogP contribution in [0.3, 0.4) is 0 Å². The molecular formula is C21H16NO8-. The lowest BCUT2D eigenvalue weighted by atomic mass is 10.1. The summed E-state index contributed by atoms with van der Waals surface area (Å²) in [6, 6.07) is 8.69. The van der Waals surface area contributed by atoms with Crippen LogP contribution in [0, 0.1) is 0 Å². The van der Waals surface area contributed by atoms with Gasteiger partial charge in [-0.15, -0.1) is 0 Å². The minimum absolute atomic E-state index is 0.140. The van der Waals surface area contributed by atoms with Crippen LogP contribution >= 0.6 is 0 Å². The minimum Gasteiger partial charge on any atom is -0.548 e. The number of amides is 1. The van der Waals surface area contributed by atoms with E-state index < -0.39 is 24.5 Å². The van der Waals surface area contributed by atoms with Crippen LogP contribution < -0.4 is 29.4 Å². The summed E-state index contributed by atoms with van der Waals surface area (Å²) in [5.41, 5.74) is 1.08. The van der Waals surface area contributed by atoms with E-state index in [1.54, 1.807) is 24.3 Å². The van der Waals surface area contributed by atoms with Gasteiger partial charge in [-0.25, -0.2) is 0 Å². The first-order valence-electron chi connectivity index (χ1n) is 9.01. The van der Waals surface area contributed by atoms with Crippen LogP contribution in [0.2, 0.25) is 0 Å². The molecule has 1 N–H and O–H groups in total. The van der Waals surface area contributed by atoms with Gasteiger partial charge in [-0.2, -0.15) is 0 Å². The summed E-state index contributed by atoms with van der Waals surface area (Å²) in [4.78, 5) is 34.9. The number of hydrogen-bond donors (Lipinski definition) is 1. The van der Waals surface area contributed by atoms with E-state index in [9.17, 15) is 19.5 Å². The van der Waals surface area contributed by atoms with Crippen molar-refractivity contribution in [2.45, 2.75) is 13.0 Å². The molecule has 2 aromatic rings. The average Bonchev–Trinajstić information content (AvgIpc) is 3.30. The number of hydrogen-bond acceptors (Lipinski definition) is 8. The van der Waals surface area contributed by atoms with Crippen LogP contribution in [0.4, 0.5) is 0 Å². The molecule has 2 aliphatic heterocycles. The van der Waals surface area contributed by atoms with Crippen molar-refractivity contribution in [1.82, 2.24) is 5.32 Å². The van der Waals surface area contributed by atoms with E-state index in [0.717, 1.165) is 0 Å². The zero-order valence-electron chi connectivity index (χ0n) is 15.8. The number of ether oxygens (including phenoxy) is 4. The molecule has 2 aromatic carbocycles. The standard InChI is InChI=1S/C21H17NO8/c1-11(21(25)26)22-19(23)9-27-13-3-4-14-16(8-13)30-18(20(14)24)7-12-2-5-15-17(6-12)29-10-28-15/h2-8,11H,9-10H2,1H3,(H,22,23)(H,25,26)/p-1/t11-/m0/s1. The van der Waals surface area contributed by atoms with E-state index in [4.69, 9.17) is 18.9 Å². The summed E-state index contributed by atoms with van der Waals surface area (Å²) < 4.78 is 21.6. The quantitative estimate of drug-likeness (QED) is 0.689. The van der Waals surface area contributed by atoms with Crippen LogP contribution in [0.1, 0.15) is 22.8 Å². The maximum absolute atomic E-state index is 12.6. The third-order valence-corrected chi connectivity index (χ3v) is 4.44. The minimum atomic E-state index is -1.39. The van der Waals surface area contributed by atoms with Crippen molar-refractivity contribution in [3.63, 3.8) is 0 Å². The fourth-order valence-electron chi connectivity index (χ4n) is 2.90. The van der Waals surface area contributed by atoms with Gasteiger partial charge in [0.05, 0.1) is 17.6 Å². The van der Waals surface area contributed by atoms with Crippen LogP contribution in [-0.2, 0) is 9.59 Å². The van der Waals surface area contributed by atoms with Gasteiger partial charge >= 0.3 is 0 Å². The lowest BCUT2D eigenvalue weighted by Crippen LogP contribution is -2.47. The molecule has 0 fully saturated rings. The molecule has 0 bridgehead atoms. The summed E-state index contributed by atoms with van der Waals surface area (Å²) in [5, 5.41) is 12.9. The molecule has 0 spiro atoms. The molecule has 154 valence electrons. The zero-order chi connectivity index (χ0) is 21.3. The van der Waals surface area contributed by atoms with Crippen molar-refractivity contribution in [2.75, 3.05) is 13.4 Å². The fourth-order valence-corrected chi connectivity index (χ4v) is 2.90. The van der Waals surface area contributed by atoms with Crippen molar-refractivity contribution in [3.05, 3.63) is 53.3 Å². The molecule has 9 nitrogen and oxygen atoms in total. The van der Waals surface area contributed by atoms with Gasteiger partial charge in [-0.3, -0.25) is 9.59 Å². The Labute approximate surface area is 170 Å². The van der Waals surface area contributed by atoms with Crippen molar-refractivity contribution in [2.24, 2.45) is 0 Å². The van der Waals surface area contributed by atoms with Gasteiger partial charge in [0.1, 0.15) is 11.5 Å². The Kier molecular flexibility index (Phi) is 5.01. The average molecular weight is 410 g/mol. The number of ketones is 1. The highest BCUT2D eigenvalue weighted by atomic mass is 16.7. The SMILES string of the molecule is C[C@H](NC(=O)COc1ccc2c(c1)OC(=Cc1ccc3c(c1)OCO3)C2=O)C(=O)[O-]. The second-order valence-corrected chi connectivity index (χ2v) is 6.61. The molecule has 1 amide bonds. The number of carboxylic acid groups (broad SMARTS) is 1. The fraction of sp³-hybridized carbons (Fsp3) is 0.190. The van der Waals surface area contributed by atoms with Gasteiger partial charge < -0.3 is 34.2 Å². The summed E-state index contributed by atoms with van der Waals surface area (Å²) in [7, 11) is 0. The third-order valence-electron chi connectivity index (χ3n) is 4.44. The zero-order valence-corrected chi connectivity index (χ0v) is 15.8. The molecule has 30 heavy (non-hydrogen) atoms. The highest BCUT2D eigenvalue weighted by Crippen LogP contribution is 2.37. The number of allylic oxidation sites excluding steroid dienone is 1. The predicted octanol–water partition coefficient (Wildman–Crippen LogP) is 0.665. The summed E-state index contributed by atoms with van der Waals surface area (Å²) >= 11 is 0. The van der Waals surface area contributed by atoms with E-state index in [1.807, 2.05) is 0 Å². The first-order chi connectivity index (χ1) is 14.4. The van der Waals surface area contributed by atoms with E-state index in [0.29, 0.717) is 34.1 Å². The number of rotatable bonds is 6. The number of benzene rings is 2. The van der Waals surface area contributed by atoms with Crippen molar-refractivity contribution >= 4 is 23.7 Å². The molecule has 2 aliphatic rings. The molecule has 0 saturated carbocycles. The molecule has 9 heteroatoms. The summed E-state index contributed by atoms with van der Waals surface area (Å²) in [6.45, 7) is 1.05. The Morgan fingerprint density at radius 2 is 1.97 bits per heavy atom. The summed E-state index contributed by atoms with van der Waals surface area (Å²) in [5.74, 6) is -0.332. The molecule has 0 aliphatic carbocycles. The second kappa shape index (κ2) is 7.78. The topological polar surface area (TPSA) is 123 Å². The first kappa shape index (κ1) is 19.3. The Hall–Kier alpha value is -4.01. The van der Waals surface area contributed by atoms with Gasteiger partial charge in [-0.1, -0.05) is 6.07 Å². The van der Waals surface area contributed by atoms with E-state index >= 15 is 0 Å². The molecule has 2 heterocycles. The lowest BCUT2D eigenvalue weighted by Gasteiger charge is -2.14. The van der Waals surface area contributed by atoms with Gasteiger partial charge in [0.2, 0.25) is 12.6 Å². The maximum Gasteiger partial charge on any atom is 0.258 e. The molecular weight excluding hydrogens is 394 g/mol. The van der Waals surface area contributed by atoms with Gasteiger partial charge in [-0.05, 0) is 42.8 Å². The van der Waals surface area contributed by atoms with Gasteiger partial charge in [0.15, 0.2) is 23.9 Å². The monoisotopic (exact) mass is 410 g/mol. The van der Waals surface area contributed by atoms with E-state index in [-0.39, 0.29) is 18.3 Å². The molecule has 0 unspecified atom stereocenters. The Balaban J connectivity index is 1.43. The molecule has 0 aromatic heterocycles. The van der Waals surface area contributed by atoms with Gasteiger partial charge in [0.25, 0.3) is 5.91 Å². The summed E-state index contributed by atoms with van der Waals surface area (Å²) in [6.07, 6.45) is 1.60. The number of carboxylic acids is 1. The third kappa shape index (κ3) is 3.90. The van der Waals surface area contributed by atoms with Crippen LogP contribution in [-0.4, -0.2) is 37.1 Å².